The third kappa shape index (κ3) is 4.82. The second-order valence-electron chi connectivity index (χ2n) is 7.32. The smallest absolute Gasteiger partial charge is 0.426 e. The van der Waals surface area contributed by atoms with E-state index in [0.29, 0.717) is 18.1 Å². The molecule has 0 heterocycles. The Morgan fingerprint density at radius 2 is 1.59 bits per heavy atom. The van der Waals surface area contributed by atoms with E-state index in [-0.39, 0.29) is 5.75 Å². The van der Waals surface area contributed by atoms with Crippen LogP contribution in [0.15, 0.2) is 42.5 Å². The molecule has 1 fully saturated rings. The molecule has 0 aliphatic heterocycles. The first-order valence-electron chi connectivity index (χ1n) is 9.51. The highest BCUT2D eigenvalue weighted by atomic mass is 19.3. The van der Waals surface area contributed by atoms with Crippen LogP contribution in [0.4, 0.5) is 17.6 Å². The molecular weight excluding hydrogens is 356 g/mol. The fourth-order valence-corrected chi connectivity index (χ4v) is 3.88. The molecule has 5 heteroatoms. The van der Waals surface area contributed by atoms with Gasteiger partial charge in [-0.1, -0.05) is 31.9 Å². The fraction of sp³-hybridized carbons (Fsp3) is 0.455. The number of alkyl halides is 2. The first-order valence-corrected chi connectivity index (χ1v) is 9.51. The number of ether oxygens (including phenoxy) is 1. The Balaban J connectivity index is 1.64. The van der Waals surface area contributed by atoms with Gasteiger partial charge in [0.15, 0.2) is 11.6 Å². The van der Waals surface area contributed by atoms with Crippen LogP contribution in [0.5, 0.6) is 5.75 Å². The van der Waals surface area contributed by atoms with Crippen LogP contribution in [0.3, 0.4) is 0 Å². The zero-order chi connectivity index (χ0) is 19.4. The van der Waals surface area contributed by atoms with Crippen molar-refractivity contribution in [3.05, 3.63) is 65.2 Å². The second-order valence-corrected chi connectivity index (χ2v) is 7.32. The Labute approximate surface area is 157 Å². The van der Waals surface area contributed by atoms with Crippen LogP contribution in [0.2, 0.25) is 0 Å². The van der Waals surface area contributed by atoms with Crippen LogP contribution in [0, 0.1) is 17.6 Å². The molecule has 0 aromatic heterocycles. The number of benzene rings is 2. The maximum atomic E-state index is 14.2. The maximum Gasteiger partial charge on any atom is 0.426 e. The van der Waals surface area contributed by atoms with Crippen molar-refractivity contribution in [3.63, 3.8) is 0 Å². The van der Waals surface area contributed by atoms with Crippen molar-refractivity contribution in [2.75, 3.05) is 0 Å². The van der Waals surface area contributed by atoms with Gasteiger partial charge in [0.05, 0.1) is 5.56 Å². The molecule has 0 amide bonds. The zero-order valence-electron chi connectivity index (χ0n) is 15.4. The Kier molecular flexibility index (Phi) is 6.08. The summed E-state index contributed by atoms with van der Waals surface area (Å²) < 4.78 is 59.3. The molecule has 27 heavy (non-hydrogen) atoms. The molecule has 1 saturated carbocycles. The van der Waals surface area contributed by atoms with Crippen LogP contribution in [-0.4, -0.2) is 0 Å². The lowest BCUT2D eigenvalue weighted by Gasteiger charge is -2.28. The monoisotopic (exact) mass is 380 g/mol. The largest absolute Gasteiger partial charge is 0.429 e. The summed E-state index contributed by atoms with van der Waals surface area (Å²) in [6, 6.07) is 8.62. The summed E-state index contributed by atoms with van der Waals surface area (Å²) in [5, 5.41) is 0. The first kappa shape index (κ1) is 19.7. The SMILES string of the molecule is CCCC1CCC(c2ccc(OC(F)(F)c3ccc(F)c(F)c3)cc2)CC1. The van der Waals surface area contributed by atoms with Crippen LogP contribution in [-0.2, 0) is 6.11 Å². The van der Waals surface area contributed by atoms with Crippen molar-refractivity contribution in [2.24, 2.45) is 5.92 Å². The quantitative estimate of drug-likeness (QED) is 0.483. The number of halogens is 4. The summed E-state index contributed by atoms with van der Waals surface area (Å²) in [6.45, 7) is 2.21. The molecule has 0 saturated heterocycles. The number of rotatable bonds is 6. The lowest BCUT2D eigenvalue weighted by atomic mass is 9.77. The van der Waals surface area contributed by atoms with Crippen LogP contribution in [0.25, 0.3) is 0 Å². The molecule has 146 valence electrons. The summed E-state index contributed by atoms with van der Waals surface area (Å²) in [5.74, 6) is -1.24. The highest BCUT2D eigenvalue weighted by Gasteiger charge is 2.35. The van der Waals surface area contributed by atoms with Crippen LogP contribution in [0.1, 0.15) is 62.5 Å². The van der Waals surface area contributed by atoms with E-state index >= 15 is 0 Å². The molecule has 0 atom stereocenters. The lowest BCUT2D eigenvalue weighted by Crippen LogP contribution is -2.22. The molecule has 3 rings (SSSR count). The topological polar surface area (TPSA) is 9.23 Å². The molecule has 1 aliphatic carbocycles. The molecule has 2 aromatic carbocycles. The van der Waals surface area contributed by atoms with Crippen molar-refractivity contribution >= 4 is 0 Å². The van der Waals surface area contributed by atoms with Crippen molar-refractivity contribution < 1.29 is 22.3 Å². The molecule has 1 nitrogen and oxygen atoms in total. The Morgan fingerprint density at radius 3 is 2.19 bits per heavy atom. The summed E-state index contributed by atoms with van der Waals surface area (Å²) >= 11 is 0. The molecule has 2 aromatic rings. The average molecular weight is 380 g/mol. The molecule has 0 radical (unpaired) electrons. The van der Waals surface area contributed by atoms with E-state index in [1.165, 1.54) is 37.8 Å². The van der Waals surface area contributed by atoms with Crippen LogP contribution >= 0.6 is 0 Å². The molecule has 1 aliphatic rings. The van der Waals surface area contributed by atoms with Gasteiger partial charge in [0.25, 0.3) is 0 Å². The molecule has 0 N–H and O–H groups in total. The van der Waals surface area contributed by atoms with E-state index in [1.54, 1.807) is 0 Å². The third-order valence-corrected chi connectivity index (χ3v) is 5.40. The van der Waals surface area contributed by atoms with Crippen molar-refractivity contribution in [3.8, 4) is 5.75 Å². The highest BCUT2D eigenvalue weighted by Crippen LogP contribution is 2.38. The van der Waals surface area contributed by atoms with Gasteiger partial charge in [-0.25, -0.2) is 8.78 Å². The third-order valence-electron chi connectivity index (χ3n) is 5.40. The van der Waals surface area contributed by atoms with E-state index < -0.39 is 23.3 Å². The van der Waals surface area contributed by atoms with E-state index in [2.05, 4.69) is 6.92 Å². The minimum Gasteiger partial charge on any atom is -0.429 e. The maximum absolute atomic E-state index is 14.2. The predicted molar refractivity (Wildman–Crippen MR) is 96.9 cm³/mol. The number of hydrogen-bond donors (Lipinski definition) is 0. The Hall–Kier alpha value is -2.04. The van der Waals surface area contributed by atoms with E-state index in [9.17, 15) is 17.6 Å². The van der Waals surface area contributed by atoms with Gasteiger partial charge in [0.1, 0.15) is 5.75 Å². The van der Waals surface area contributed by atoms with Gasteiger partial charge >= 0.3 is 6.11 Å². The first-order chi connectivity index (χ1) is 12.9. The van der Waals surface area contributed by atoms with Gasteiger partial charge in [-0.15, -0.1) is 0 Å². The fourth-order valence-electron chi connectivity index (χ4n) is 3.88. The van der Waals surface area contributed by atoms with Gasteiger partial charge in [0.2, 0.25) is 0 Å². The molecule has 0 unspecified atom stereocenters. The predicted octanol–water partition coefficient (Wildman–Crippen LogP) is 7.17. The minimum absolute atomic E-state index is 0.00634. The summed E-state index contributed by atoms with van der Waals surface area (Å²) in [7, 11) is 0. The van der Waals surface area contributed by atoms with Crippen molar-refractivity contribution in [2.45, 2.75) is 57.5 Å². The summed E-state index contributed by atoms with van der Waals surface area (Å²) in [4.78, 5) is 0. The molecule has 0 bridgehead atoms. The standard InChI is InChI=1S/C22H24F4O/c1-2-3-15-4-6-16(7-5-15)17-8-11-19(12-9-17)27-22(25,26)18-10-13-20(23)21(24)14-18/h8-16H,2-7H2,1H3. The lowest BCUT2D eigenvalue weighted by molar-refractivity contribution is -0.185. The van der Waals surface area contributed by atoms with Gasteiger partial charge in [-0.3, -0.25) is 0 Å². The molecule has 0 spiro atoms. The second kappa shape index (κ2) is 8.32. The minimum atomic E-state index is -3.74. The van der Waals surface area contributed by atoms with Crippen LogP contribution < -0.4 is 4.74 Å². The van der Waals surface area contributed by atoms with Gasteiger partial charge in [-0.2, -0.15) is 8.78 Å². The zero-order valence-corrected chi connectivity index (χ0v) is 15.4. The van der Waals surface area contributed by atoms with E-state index in [1.807, 2.05) is 12.1 Å². The Morgan fingerprint density at radius 1 is 0.926 bits per heavy atom. The average Bonchev–Trinajstić information content (AvgIpc) is 2.65. The van der Waals surface area contributed by atoms with Crippen molar-refractivity contribution in [1.82, 2.24) is 0 Å². The van der Waals surface area contributed by atoms with Gasteiger partial charge < -0.3 is 4.74 Å². The normalized spacial score (nSPS) is 20.5. The van der Waals surface area contributed by atoms with Crippen molar-refractivity contribution in [1.29, 1.82) is 0 Å². The van der Waals surface area contributed by atoms with E-state index in [0.717, 1.165) is 30.4 Å². The van der Waals surface area contributed by atoms with Gasteiger partial charge in [0, 0.05) is 0 Å². The van der Waals surface area contributed by atoms with Gasteiger partial charge in [-0.05, 0) is 73.4 Å². The van der Waals surface area contributed by atoms with E-state index in [4.69, 9.17) is 4.74 Å². The summed E-state index contributed by atoms with van der Waals surface area (Å²) in [5.41, 5.74) is 0.410. The number of hydrogen-bond acceptors (Lipinski definition) is 1. The highest BCUT2D eigenvalue weighted by molar-refractivity contribution is 5.31. The summed E-state index contributed by atoms with van der Waals surface area (Å²) in [6.07, 6.45) is 3.42. The Bertz CT molecular complexity index is 749. The molecular formula is C22H24F4O.